The number of hydrogen-bond acceptors (Lipinski definition) is 5. The third-order valence-electron chi connectivity index (χ3n) is 2.64. The smallest absolute Gasteiger partial charge is 0.273 e. The van der Waals surface area contributed by atoms with E-state index >= 15 is 0 Å². The zero-order valence-electron chi connectivity index (χ0n) is 11.3. The van der Waals surface area contributed by atoms with Crippen molar-refractivity contribution in [1.29, 1.82) is 0 Å². The minimum atomic E-state index is -3.56. The van der Waals surface area contributed by atoms with E-state index in [1.807, 2.05) is 6.92 Å². The molecule has 1 aromatic rings. The molecule has 1 aromatic carbocycles. The highest BCUT2D eigenvalue weighted by molar-refractivity contribution is 7.88. The monoisotopic (exact) mass is 301 g/mol. The zero-order chi connectivity index (χ0) is 15.0. The van der Waals surface area contributed by atoms with Crippen molar-refractivity contribution < 1.29 is 13.3 Å². The van der Waals surface area contributed by atoms with E-state index in [1.165, 1.54) is 18.2 Å². The summed E-state index contributed by atoms with van der Waals surface area (Å²) in [4.78, 5) is 10.2. The van der Waals surface area contributed by atoms with Gasteiger partial charge in [0.2, 0.25) is 10.0 Å². The summed E-state index contributed by atoms with van der Waals surface area (Å²) in [5, 5.41) is 13.9. The largest absolute Gasteiger partial charge is 0.317 e. The maximum atomic E-state index is 11.9. The van der Waals surface area contributed by atoms with Gasteiger partial charge >= 0.3 is 0 Å². The van der Waals surface area contributed by atoms with E-state index in [4.69, 9.17) is 0 Å². The predicted molar refractivity (Wildman–Crippen MR) is 76.9 cm³/mol. The van der Waals surface area contributed by atoms with Gasteiger partial charge < -0.3 is 5.32 Å². The third-order valence-corrected chi connectivity index (χ3v) is 3.97. The molecule has 0 amide bonds. The molecule has 7 nitrogen and oxygen atoms in total. The Balaban J connectivity index is 2.60. The van der Waals surface area contributed by atoms with Crippen molar-refractivity contribution in [3.8, 4) is 0 Å². The summed E-state index contributed by atoms with van der Waals surface area (Å²) in [6.45, 7) is 3.85. The summed E-state index contributed by atoms with van der Waals surface area (Å²) in [6.07, 6.45) is 0.671. The highest BCUT2D eigenvalue weighted by atomic mass is 32.2. The van der Waals surface area contributed by atoms with Gasteiger partial charge in [0.1, 0.15) is 0 Å². The Morgan fingerprint density at radius 1 is 1.25 bits per heavy atom. The number of nitrogens with zero attached hydrogens (tertiary/aromatic N) is 1. The minimum Gasteiger partial charge on any atom is -0.317 e. The van der Waals surface area contributed by atoms with Crippen LogP contribution >= 0.6 is 0 Å². The normalized spacial score (nSPS) is 11.4. The molecule has 0 spiro atoms. The van der Waals surface area contributed by atoms with Crippen molar-refractivity contribution in [2.75, 3.05) is 19.6 Å². The van der Waals surface area contributed by atoms with Crippen LogP contribution in [-0.4, -0.2) is 33.0 Å². The highest BCUT2D eigenvalue weighted by Gasteiger charge is 2.19. The molecule has 20 heavy (non-hydrogen) atoms. The van der Waals surface area contributed by atoms with Gasteiger partial charge in [-0.3, -0.25) is 10.1 Å². The number of sulfonamides is 1. The van der Waals surface area contributed by atoms with Crippen molar-refractivity contribution in [1.82, 2.24) is 10.0 Å². The van der Waals surface area contributed by atoms with Crippen LogP contribution < -0.4 is 10.0 Å². The molecule has 0 heterocycles. The molecular formula is C12H19N3O4S. The summed E-state index contributed by atoms with van der Waals surface area (Å²) >= 11 is 0. The first-order valence-corrected chi connectivity index (χ1v) is 8.02. The summed E-state index contributed by atoms with van der Waals surface area (Å²) in [6, 6.07) is 5.85. The van der Waals surface area contributed by atoms with Crippen molar-refractivity contribution in [3.05, 3.63) is 39.9 Å². The fourth-order valence-corrected chi connectivity index (χ4v) is 2.90. The Morgan fingerprint density at radius 2 is 1.95 bits per heavy atom. The van der Waals surface area contributed by atoms with Gasteiger partial charge in [-0.25, -0.2) is 13.1 Å². The Labute approximate surface area is 118 Å². The lowest BCUT2D eigenvalue weighted by molar-refractivity contribution is -0.385. The molecule has 0 saturated heterocycles. The number of benzene rings is 1. The first-order valence-electron chi connectivity index (χ1n) is 6.36. The molecule has 112 valence electrons. The lowest BCUT2D eigenvalue weighted by Gasteiger charge is -2.07. The lowest BCUT2D eigenvalue weighted by atomic mass is 10.2. The summed E-state index contributed by atoms with van der Waals surface area (Å²) in [5.41, 5.74) is 0.0159. The Morgan fingerprint density at radius 3 is 2.60 bits per heavy atom. The standard InChI is InChI=1S/C12H19N3O4S/c1-2-13-8-5-9-14-20(18,19)10-11-6-3-4-7-12(11)15(16)17/h3-4,6-7,13-14H,2,5,8-10H2,1H3. The molecule has 0 atom stereocenters. The maximum Gasteiger partial charge on any atom is 0.273 e. The van der Waals surface area contributed by atoms with E-state index in [2.05, 4.69) is 10.0 Å². The van der Waals surface area contributed by atoms with Gasteiger partial charge in [0.25, 0.3) is 5.69 Å². The predicted octanol–water partition coefficient (Wildman–Crippen LogP) is 1.01. The Bertz CT molecular complexity index is 545. The molecule has 0 aliphatic heterocycles. The fraction of sp³-hybridized carbons (Fsp3) is 0.500. The quantitative estimate of drug-likeness (QED) is 0.403. The maximum absolute atomic E-state index is 11.9. The average molecular weight is 301 g/mol. The van der Waals surface area contributed by atoms with Crippen LogP contribution in [0.4, 0.5) is 5.69 Å². The first kappa shape index (κ1) is 16.5. The molecular weight excluding hydrogens is 282 g/mol. The molecule has 0 saturated carbocycles. The fourth-order valence-electron chi connectivity index (χ4n) is 1.68. The second-order valence-electron chi connectivity index (χ2n) is 4.25. The minimum absolute atomic E-state index is 0.175. The van der Waals surface area contributed by atoms with Gasteiger partial charge in [-0.1, -0.05) is 25.1 Å². The molecule has 0 unspecified atom stereocenters. The highest BCUT2D eigenvalue weighted by Crippen LogP contribution is 2.19. The van der Waals surface area contributed by atoms with Crippen LogP contribution in [0.3, 0.4) is 0 Å². The molecule has 8 heteroatoms. The molecule has 0 radical (unpaired) electrons. The van der Waals surface area contributed by atoms with Crippen molar-refractivity contribution in [2.24, 2.45) is 0 Å². The van der Waals surface area contributed by atoms with Gasteiger partial charge in [0.05, 0.1) is 10.7 Å². The van der Waals surface area contributed by atoms with E-state index in [0.29, 0.717) is 13.0 Å². The number of rotatable bonds is 9. The van der Waals surface area contributed by atoms with E-state index in [1.54, 1.807) is 6.07 Å². The second kappa shape index (κ2) is 7.93. The molecule has 1 rings (SSSR count). The molecule has 0 fully saturated rings. The number of nitro groups is 1. The summed E-state index contributed by atoms with van der Waals surface area (Å²) in [7, 11) is -3.56. The second-order valence-corrected chi connectivity index (χ2v) is 6.05. The Kier molecular flexibility index (Phi) is 6.56. The van der Waals surface area contributed by atoms with Crippen LogP contribution in [0.2, 0.25) is 0 Å². The van der Waals surface area contributed by atoms with E-state index in [9.17, 15) is 18.5 Å². The molecule has 0 aromatic heterocycles. The number of hydrogen-bond donors (Lipinski definition) is 2. The topological polar surface area (TPSA) is 101 Å². The van der Waals surface area contributed by atoms with Gasteiger partial charge in [-0.05, 0) is 19.5 Å². The van der Waals surface area contributed by atoms with Crippen LogP contribution in [0.1, 0.15) is 18.9 Å². The van der Waals surface area contributed by atoms with Gasteiger partial charge in [-0.2, -0.15) is 0 Å². The van der Waals surface area contributed by atoms with Gasteiger partial charge in [0, 0.05) is 18.2 Å². The number of nitro benzene ring substituents is 1. The Hall–Kier alpha value is -1.51. The van der Waals surface area contributed by atoms with Crippen LogP contribution in [0.25, 0.3) is 0 Å². The van der Waals surface area contributed by atoms with Crippen molar-refractivity contribution in [2.45, 2.75) is 19.1 Å². The first-order chi connectivity index (χ1) is 9.46. The van der Waals surface area contributed by atoms with Gasteiger partial charge in [-0.15, -0.1) is 0 Å². The van der Waals surface area contributed by atoms with Crippen LogP contribution in [-0.2, 0) is 15.8 Å². The molecule has 0 aliphatic carbocycles. The van der Waals surface area contributed by atoms with Gasteiger partial charge in [0.15, 0.2) is 0 Å². The van der Waals surface area contributed by atoms with E-state index in [-0.39, 0.29) is 17.0 Å². The van der Waals surface area contributed by atoms with E-state index < -0.39 is 14.9 Å². The molecule has 0 bridgehead atoms. The molecule has 2 N–H and O–H groups in total. The van der Waals surface area contributed by atoms with Crippen LogP contribution in [0.15, 0.2) is 24.3 Å². The lowest BCUT2D eigenvalue weighted by Crippen LogP contribution is -2.28. The van der Waals surface area contributed by atoms with Crippen molar-refractivity contribution >= 4 is 15.7 Å². The average Bonchev–Trinajstić information content (AvgIpc) is 2.38. The van der Waals surface area contributed by atoms with Crippen LogP contribution in [0.5, 0.6) is 0 Å². The number of para-hydroxylation sites is 1. The van der Waals surface area contributed by atoms with Crippen molar-refractivity contribution in [3.63, 3.8) is 0 Å². The van der Waals surface area contributed by atoms with Crippen LogP contribution in [0, 0.1) is 10.1 Å². The SMILES string of the molecule is CCNCCCNS(=O)(=O)Cc1ccccc1[N+](=O)[O-]. The number of nitrogens with one attached hydrogen (secondary N) is 2. The zero-order valence-corrected chi connectivity index (χ0v) is 12.1. The third kappa shape index (κ3) is 5.64. The van der Waals surface area contributed by atoms with E-state index in [0.717, 1.165) is 13.1 Å². The molecule has 0 aliphatic rings. The summed E-state index contributed by atoms with van der Waals surface area (Å²) in [5.74, 6) is -0.384. The summed E-state index contributed by atoms with van der Waals surface area (Å²) < 4.78 is 26.1.